The third-order valence-electron chi connectivity index (χ3n) is 3.45. The lowest BCUT2D eigenvalue weighted by Crippen LogP contribution is -2.28. The molecular formula is C13H14BrN3O3. The van der Waals surface area contributed by atoms with E-state index in [4.69, 9.17) is 8.94 Å². The standard InChI is InChI=1S/C13H14BrN3O3/c1-7-5-10(14)19-11(7)13(18)17-4-3-9(6-17)12-15-8(2)16-20-12/h5,9H,3-4,6H2,1-2H3/t9-/m1/s1. The number of rotatable bonds is 2. The Balaban J connectivity index is 1.74. The molecule has 0 bridgehead atoms. The Bertz CT molecular complexity index is 649. The van der Waals surface area contributed by atoms with Crippen molar-refractivity contribution in [1.82, 2.24) is 15.0 Å². The normalized spacial score (nSPS) is 18.8. The van der Waals surface area contributed by atoms with Crippen LogP contribution in [0.3, 0.4) is 0 Å². The van der Waals surface area contributed by atoms with Crippen LogP contribution in [0.25, 0.3) is 0 Å². The van der Waals surface area contributed by atoms with Gasteiger partial charge in [-0.05, 0) is 42.3 Å². The van der Waals surface area contributed by atoms with Gasteiger partial charge in [-0.15, -0.1) is 0 Å². The molecule has 7 heteroatoms. The molecule has 1 aliphatic heterocycles. The van der Waals surface area contributed by atoms with Gasteiger partial charge in [-0.25, -0.2) is 0 Å². The average molecular weight is 340 g/mol. The molecule has 1 fully saturated rings. The van der Waals surface area contributed by atoms with Gasteiger partial charge >= 0.3 is 0 Å². The Labute approximate surface area is 124 Å². The highest BCUT2D eigenvalue weighted by molar-refractivity contribution is 9.10. The van der Waals surface area contributed by atoms with E-state index in [2.05, 4.69) is 26.1 Å². The van der Waals surface area contributed by atoms with E-state index in [0.29, 0.717) is 35.2 Å². The Morgan fingerprint density at radius 3 is 2.90 bits per heavy atom. The fraction of sp³-hybridized carbons (Fsp3) is 0.462. The molecule has 106 valence electrons. The fourth-order valence-electron chi connectivity index (χ4n) is 2.42. The van der Waals surface area contributed by atoms with Crippen LogP contribution >= 0.6 is 15.9 Å². The second-order valence-electron chi connectivity index (χ2n) is 4.98. The van der Waals surface area contributed by atoms with Gasteiger partial charge in [-0.3, -0.25) is 4.79 Å². The Morgan fingerprint density at radius 1 is 1.50 bits per heavy atom. The van der Waals surface area contributed by atoms with Crippen molar-refractivity contribution in [3.63, 3.8) is 0 Å². The van der Waals surface area contributed by atoms with Gasteiger partial charge in [0.05, 0.1) is 5.92 Å². The Morgan fingerprint density at radius 2 is 2.30 bits per heavy atom. The van der Waals surface area contributed by atoms with Gasteiger partial charge in [-0.2, -0.15) is 4.98 Å². The molecule has 6 nitrogen and oxygen atoms in total. The third kappa shape index (κ3) is 2.37. The van der Waals surface area contributed by atoms with Crippen LogP contribution in [0.1, 0.15) is 40.2 Å². The van der Waals surface area contributed by atoms with E-state index < -0.39 is 0 Å². The summed E-state index contributed by atoms with van der Waals surface area (Å²) in [6.45, 7) is 4.89. The molecule has 0 unspecified atom stereocenters. The van der Waals surface area contributed by atoms with Crippen molar-refractivity contribution in [3.05, 3.63) is 33.8 Å². The number of amides is 1. The van der Waals surface area contributed by atoms with Gasteiger partial charge in [0, 0.05) is 18.7 Å². The van der Waals surface area contributed by atoms with Crippen LogP contribution < -0.4 is 0 Å². The number of halogens is 1. The minimum absolute atomic E-state index is 0.0908. The van der Waals surface area contributed by atoms with E-state index in [9.17, 15) is 4.79 Å². The molecule has 1 amide bonds. The lowest BCUT2D eigenvalue weighted by atomic mass is 10.1. The van der Waals surface area contributed by atoms with Crippen molar-refractivity contribution in [2.45, 2.75) is 26.2 Å². The number of aryl methyl sites for hydroxylation is 2. The molecule has 1 saturated heterocycles. The summed E-state index contributed by atoms with van der Waals surface area (Å²) in [6, 6.07) is 1.79. The minimum atomic E-state index is -0.0908. The minimum Gasteiger partial charge on any atom is -0.444 e. The van der Waals surface area contributed by atoms with Crippen LogP contribution in [-0.4, -0.2) is 34.0 Å². The van der Waals surface area contributed by atoms with Crippen LogP contribution in [0.15, 0.2) is 19.7 Å². The average Bonchev–Trinajstić information content (AvgIpc) is 3.08. The van der Waals surface area contributed by atoms with E-state index in [0.717, 1.165) is 12.0 Å². The first-order chi connectivity index (χ1) is 9.54. The zero-order valence-electron chi connectivity index (χ0n) is 11.2. The van der Waals surface area contributed by atoms with Crippen molar-refractivity contribution >= 4 is 21.8 Å². The predicted molar refractivity (Wildman–Crippen MR) is 73.4 cm³/mol. The van der Waals surface area contributed by atoms with E-state index in [1.54, 1.807) is 17.9 Å². The van der Waals surface area contributed by atoms with Crippen molar-refractivity contribution in [2.75, 3.05) is 13.1 Å². The summed E-state index contributed by atoms with van der Waals surface area (Å²) in [5.74, 6) is 1.63. The lowest BCUT2D eigenvalue weighted by Gasteiger charge is -2.14. The molecule has 1 atom stereocenters. The predicted octanol–water partition coefficient (Wildman–Crippen LogP) is 2.67. The number of furan rings is 1. The lowest BCUT2D eigenvalue weighted by molar-refractivity contribution is 0.0755. The summed E-state index contributed by atoms with van der Waals surface area (Å²) in [4.78, 5) is 18.4. The smallest absolute Gasteiger partial charge is 0.289 e. The second kappa shape index (κ2) is 5.05. The van der Waals surface area contributed by atoms with Crippen LogP contribution in [0.2, 0.25) is 0 Å². The van der Waals surface area contributed by atoms with Gasteiger partial charge in [0.1, 0.15) is 0 Å². The molecule has 1 aliphatic rings. The monoisotopic (exact) mass is 339 g/mol. The van der Waals surface area contributed by atoms with Gasteiger partial charge in [-0.1, -0.05) is 5.16 Å². The number of carbonyl (C=O) groups is 1. The van der Waals surface area contributed by atoms with Crippen molar-refractivity contribution in [1.29, 1.82) is 0 Å². The van der Waals surface area contributed by atoms with E-state index in [-0.39, 0.29) is 11.8 Å². The molecule has 0 saturated carbocycles. The van der Waals surface area contributed by atoms with Crippen LogP contribution in [-0.2, 0) is 0 Å². The molecule has 2 aromatic heterocycles. The molecule has 3 heterocycles. The number of likely N-dealkylation sites (tertiary alicyclic amines) is 1. The maximum absolute atomic E-state index is 12.4. The first-order valence-electron chi connectivity index (χ1n) is 6.40. The summed E-state index contributed by atoms with van der Waals surface area (Å²) in [5, 5.41) is 3.79. The summed E-state index contributed by atoms with van der Waals surface area (Å²) in [5.41, 5.74) is 0.832. The SMILES string of the molecule is Cc1noc([C@@H]2CCN(C(=O)c3oc(Br)cc3C)C2)n1. The number of carbonyl (C=O) groups excluding carboxylic acids is 1. The summed E-state index contributed by atoms with van der Waals surface area (Å²) >= 11 is 3.24. The van der Waals surface area contributed by atoms with Gasteiger partial charge < -0.3 is 13.8 Å². The molecule has 2 aromatic rings. The molecule has 20 heavy (non-hydrogen) atoms. The molecule has 0 aromatic carbocycles. The Hall–Kier alpha value is -1.63. The number of aromatic nitrogens is 2. The molecule has 0 aliphatic carbocycles. The first kappa shape index (κ1) is 13.4. The topological polar surface area (TPSA) is 72.4 Å². The molecule has 0 N–H and O–H groups in total. The number of hydrogen-bond acceptors (Lipinski definition) is 5. The fourth-order valence-corrected chi connectivity index (χ4v) is 2.93. The number of hydrogen-bond donors (Lipinski definition) is 0. The molecule has 0 spiro atoms. The van der Waals surface area contributed by atoms with Crippen molar-refractivity contribution in [2.24, 2.45) is 0 Å². The highest BCUT2D eigenvalue weighted by Gasteiger charge is 2.33. The van der Waals surface area contributed by atoms with Crippen LogP contribution in [0.4, 0.5) is 0 Å². The maximum atomic E-state index is 12.4. The van der Waals surface area contributed by atoms with E-state index in [1.807, 2.05) is 6.92 Å². The van der Waals surface area contributed by atoms with E-state index >= 15 is 0 Å². The number of nitrogens with zero attached hydrogens (tertiary/aromatic N) is 3. The summed E-state index contributed by atoms with van der Waals surface area (Å²) in [6.07, 6.45) is 0.828. The van der Waals surface area contributed by atoms with Crippen molar-refractivity contribution < 1.29 is 13.7 Å². The molecule has 0 radical (unpaired) electrons. The summed E-state index contributed by atoms with van der Waals surface area (Å²) < 4.78 is 11.2. The zero-order chi connectivity index (χ0) is 14.3. The van der Waals surface area contributed by atoms with E-state index in [1.165, 1.54) is 0 Å². The Kier molecular flexibility index (Phi) is 3.37. The van der Waals surface area contributed by atoms with Crippen LogP contribution in [0, 0.1) is 13.8 Å². The van der Waals surface area contributed by atoms with Crippen molar-refractivity contribution in [3.8, 4) is 0 Å². The van der Waals surface area contributed by atoms with Crippen LogP contribution in [0.5, 0.6) is 0 Å². The summed E-state index contributed by atoms with van der Waals surface area (Å²) in [7, 11) is 0. The highest BCUT2D eigenvalue weighted by Crippen LogP contribution is 2.28. The van der Waals surface area contributed by atoms with Gasteiger partial charge in [0.25, 0.3) is 5.91 Å². The largest absolute Gasteiger partial charge is 0.444 e. The first-order valence-corrected chi connectivity index (χ1v) is 7.19. The van der Waals surface area contributed by atoms with Gasteiger partial charge in [0.15, 0.2) is 16.3 Å². The zero-order valence-corrected chi connectivity index (χ0v) is 12.8. The second-order valence-corrected chi connectivity index (χ2v) is 5.76. The maximum Gasteiger partial charge on any atom is 0.289 e. The highest BCUT2D eigenvalue weighted by atomic mass is 79.9. The quantitative estimate of drug-likeness (QED) is 0.840. The van der Waals surface area contributed by atoms with Gasteiger partial charge in [0.2, 0.25) is 5.89 Å². The molecule has 3 rings (SSSR count). The third-order valence-corrected chi connectivity index (χ3v) is 3.84. The molecular weight excluding hydrogens is 326 g/mol.